The van der Waals surface area contributed by atoms with Crippen LogP contribution in [0.2, 0.25) is 0 Å². The number of ether oxygens (including phenoxy) is 2. The van der Waals surface area contributed by atoms with Crippen LogP contribution in [0, 0.1) is 11.8 Å². The summed E-state index contributed by atoms with van der Waals surface area (Å²) in [5.74, 6) is 7.74. The molecule has 0 radical (unpaired) electrons. The molecule has 2 nitrogen and oxygen atoms in total. The predicted octanol–water partition coefficient (Wildman–Crippen LogP) is 3.86. The van der Waals surface area contributed by atoms with Crippen molar-refractivity contribution in [3.63, 3.8) is 0 Å². The topological polar surface area (TPSA) is 18.5 Å². The lowest BCUT2D eigenvalue weighted by Gasteiger charge is -2.08. The van der Waals surface area contributed by atoms with Gasteiger partial charge < -0.3 is 9.47 Å². The van der Waals surface area contributed by atoms with Gasteiger partial charge in [-0.05, 0) is 29.8 Å². The minimum Gasteiger partial charge on any atom is -0.497 e. The highest BCUT2D eigenvalue weighted by Gasteiger charge is 2.01. The molecule has 20 heavy (non-hydrogen) atoms. The average molecular weight is 287 g/mol. The molecule has 0 aliphatic heterocycles. The fraction of sp³-hybridized carbons (Fsp3) is 0.176. The van der Waals surface area contributed by atoms with Crippen molar-refractivity contribution in [2.24, 2.45) is 0 Å². The summed E-state index contributed by atoms with van der Waals surface area (Å²) in [4.78, 5) is 0. The zero-order chi connectivity index (χ0) is 14.2. The van der Waals surface area contributed by atoms with Gasteiger partial charge in [-0.15, -0.1) is 11.6 Å². The van der Waals surface area contributed by atoms with Crippen molar-refractivity contribution < 1.29 is 9.47 Å². The van der Waals surface area contributed by atoms with Gasteiger partial charge in [0.25, 0.3) is 0 Å². The van der Waals surface area contributed by atoms with E-state index in [1.807, 2.05) is 48.5 Å². The summed E-state index contributed by atoms with van der Waals surface area (Å²) in [6.45, 7) is 0.490. The molecule has 0 atom stereocenters. The van der Waals surface area contributed by atoms with Crippen molar-refractivity contribution in [2.45, 2.75) is 6.61 Å². The van der Waals surface area contributed by atoms with E-state index in [0.29, 0.717) is 12.5 Å². The van der Waals surface area contributed by atoms with Crippen LogP contribution in [-0.4, -0.2) is 13.0 Å². The standard InChI is InChI=1S/C17H15ClO2/c1-19-16-10-8-14(9-11-16)13-20-17-7-3-2-5-15(17)6-4-12-18/h2-3,5,7-11H,12-13H2,1H3. The van der Waals surface area contributed by atoms with Crippen LogP contribution < -0.4 is 9.47 Å². The number of alkyl halides is 1. The highest BCUT2D eigenvalue weighted by atomic mass is 35.5. The number of hydrogen-bond donors (Lipinski definition) is 0. The van der Waals surface area contributed by atoms with Crippen LogP contribution in [0.15, 0.2) is 48.5 Å². The first-order valence-corrected chi connectivity index (χ1v) is 6.76. The minimum absolute atomic E-state index is 0.312. The van der Waals surface area contributed by atoms with E-state index >= 15 is 0 Å². The molecule has 0 saturated carbocycles. The van der Waals surface area contributed by atoms with Crippen molar-refractivity contribution in [1.82, 2.24) is 0 Å². The summed E-state index contributed by atoms with van der Waals surface area (Å²) in [5.41, 5.74) is 1.92. The summed E-state index contributed by atoms with van der Waals surface area (Å²) in [5, 5.41) is 0. The molecule has 0 aromatic heterocycles. The van der Waals surface area contributed by atoms with Crippen molar-refractivity contribution in [3.8, 4) is 23.3 Å². The Morgan fingerprint density at radius 3 is 2.50 bits per heavy atom. The first-order valence-electron chi connectivity index (χ1n) is 6.23. The Labute approximate surface area is 124 Å². The lowest BCUT2D eigenvalue weighted by Crippen LogP contribution is -1.97. The zero-order valence-corrected chi connectivity index (χ0v) is 12.0. The molecule has 0 heterocycles. The molecule has 0 aliphatic carbocycles. The van der Waals surface area contributed by atoms with Crippen LogP contribution in [0.4, 0.5) is 0 Å². The fourth-order valence-corrected chi connectivity index (χ4v) is 1.77. The minimum atomic E-state index is 0.312. The summed E-state index contributed by atoms with van der Waals surface area (Å²) < 4.78 is 10.9. The van der Waals surface area contributed by atoms with E-state index < -0.39 is 0 Å². The number of rotatable bonds is 4. The van der Waals surface area contributed by atoms with E-state index in [4.69, 9.17) is 21.1 Å². The molecule has 0 fully saturated rings. The highest BCUT2D eigenvalue weighted by Crippen LogP contribution is 2.19. The van der Waals surface area contributed by atoms with E-state index in [9.17, 15) is 0 Å². The second kappa shape index (κ2) is 7.47. The van der Waals surface area contributed by atoms with Gasteiger partial charge in [0, 0.05) is 0 Å². The number of methoxy groups -OCH3 is 1. The molecule has 0 bridgehead atoms. The summed E-state index contributed by atoms with van der Waals surface area (Å²) in [6, 6.07) is 15.5. The first-order chi connectivity index (χ1) is 9.83. The number of hydrogen-bond acceptors (Lipinski definition) is 2. The normalized spacial score (nSPS) is 9.50. The quantitative estimate of drug-likeness (QED) is 0.627. The molecule has 0 aliphatic rings. The van der Waals surface area contributed by atoms with Crippen molar-refractivity contribution in [2.75, 3.05) is 13.0 Å². The molecule has 0 amide bonds. The molecule has 2 rings (SSSR count). The fourth-order valence-electron chi connectivity index (χ4n) is 1.71. The molecule has 0 N–H and O–H groups in total. The average Bonchev–Trinajstić information content (AvgIpc) is 2.52. The van der Waals surface area contributed by atoms with Gasteiger partial charge in [-0.2, -0.15) is 0 Å². The van der Waals surface area contributed by atoms with Crippen LogP contribution in [0.25, 0.3) is 0 Å². The predicted molar refractivity (Wildman–Crippen MR) is 81.4 cm³/mol. The van der Waals surface area contributed by atoms with Gasteiger partial charge >= 0.3 is 0 Å². The maximum Gasteiger partial charge on any atom is 0.135 e. The Bertz CT molecular complexity index is 609. The van der Waals surface area contributed by atoms with Crippen molar-refractivity contribution >= 4 is 11.6 Å². The third-order valence-corrected chi connectivity index (χ3v) is 2.86. The van der Waals surface area contributed by atoms with E-state index in [2.05, 4.69) is 11.8 Å². The molecule has 3 heteroatoms. The molecular formula is C17H15ClO2. The van der Waals surface area contributed by atoms with Gasteiger partial charge in [-0.25, -0.2) is 0 Å². The zero-order valence-electron chi connectivity index (χ0n) is 11.2. The first kappa shape index (κ1) is 14.3. The molecule has 2 aromatic carbocycles. The van der Waals surface area contributed by atoms with Crippen LogP contribution in [-0.2, 0) is 6.61 Å². The number of halogens is 1. The highest BCUT2D eigenvalue weighted by molar-refractivity contribution is 6.19. The molecular weight excluding hydrogens is 272 g/mol. The van der Waals surface area contributed by atoms with Crippen molar-refractivity contribution in [3.05, 3.63) is 59.7 Å². The van der Waals surface area contributed by atoms with Crippen LogP contribution in [0.3, 0.4) is 0 Å². The van der Waals surface area contributed by atoms with Gasteiger partial charge in [-0.3, -0.25) is 0 Å². The van der Waals surface area contributed by atoms with Crippen LogP contribution >= 0.6 is 11.6 Å². The molecule has 102 valence electrons. The Balaban J connectivity index is 2.06. The van der Waals surface area contributed by atoms with Crippen LogP contribution in [0.5, 0.6) is 11.5 Å². The summed E-state index contributed by atoms with van der Waals surface area (Å²) in [7, 11) is 1.65. The lowest BCUT2D eigenvalue weighted by molar-refractivity contribution is 0.305. The monoisotopic (exact) mass is 286 g/mol. The second-order valence-electron chi connectivity index (χ2n) is 4.07. The largest absolute Gasteiger partial charge is 0.497 e. The van der Waals surface area contributed by atoms with Gasteiger partial charge in [0.2, 0.25) is 0 Å². The van der Waals surface area contributed by atoms with E-state index in [1.54, 1.807) is 7.11 Å². The third kappa shape index (κ3) is 3.94. The van der Waals surface area contributed by atoms with Gasteiger partial charge in [0.15, 0.2) is 0 Å². The second-order valence-corrected chi connectivity index (χ2v) is 4.34. The molecule has 0 saturated heterocycles. The van der Waals surface area contributed by atoms with Crippen molar-refractivity contribution in [1.29, 1.82) is 0 Å². The van der Waals surface area contributed by atoms with Gasteiger partial charge in [-0.1, -0.05) is 36.1 Å². The Kier molecular flexibility index (Phi) is 5.34. The maximum atomic E-state index is 5.81. The van der Waals surface area contributed by atoms with E-state index in [-0.39, 0.29) is 0 Å². The molecule has 0 unspecified atom stereocenters. The summed E-state index contributed by atoms with van der Waals surface area (Å²) in [6.07, 6.45) is 0. The lowest BCUT2D eigenvalue weighted by atomic mass is 10.2. The SMILES string of the molecule is COc1ccc(COc2ccccc2C#CCCl)cc1. The molecule has 0 spiro atoms. The van der Waals surface area contributed by atoms with E-state index in [0.717, 1.165) is 22.6 Å². The van der Waals surface area contributed by atoms with Gasteiger partial charge in [0.05, 0.1) is 18.6 Å². The number of benzene rings is 2. The van der Waals surface area contributed by atoms with E-state index in [1.165, 1.54) is 0 Å². The smallest absolute Gasteiger partial charge is 0.135 e. The maximum absolute atomic E-state index is 5.81. The Morgan fingerprint density at radius 2 is 1.80 bits per heavy atom. The number of para-hydroxylation sites is 1. The van der Waals surface area contributed by atoms with Gasteiger partial charge in [0.1, 0.15) is 18.1 Å². The Morgan fingerprint density at radius 1 is 1.05 bits per heavy atom. The summed E-state index contributed by atoms with van der Waals surface area (Å²) >= 11 is 5.58. The Hall–Kier alpha value is -2.11. The van der Waals surface area contributed by atoms with Crippen LogP contribution in [0.1, 0.15) is 11.1 Å². The third-order valence-electron chi connectivity index (χ3n) is 2.73. The molecule has 2 aromatic rings.